The molecule has 0 bridgehead atoms. The van der Waals surface area contributed by atoms with E-state index in [9.17, 15) is 4.79 Å². The molecule has 90 valence electrons. The van der Waals surface area contributed by atoms with Crippen LogP contribution >= 0.6 is 0 Å². The third-order valence-electron chi connectivity index (χ3n) is 2.32. The molecule has 0 spiro atoms. The van der Waals surface area contributed by atoms with Gasteiger partial charge in [-0.2, -0.15) is 0 Å². The summed E-state index contributed by atoms with van der Waals surface area (Å²) in [5, 5.41) is 5.91. The Balaban J connectivity index is 2.25. The zero-order chi connectivity index (χ0) is 12.0. The molecular formula is C12H20N2O2. The Kier molecular flexibility index (Phi) is 5.05. The van der Waals surface area contributed by atoms with Gasteiger partial charge in [0.2, 0.25) is 5.91 Å². The van der Waals surface area contributed by atoms with Crippen molar-refractivity contribution < 1.29 is 9.21 Å². The molecule has 0 saturated heterocycles. The van der Waals surface area contributed by atoms with E-state index < -0.39 is 0 Å². The standard InChI is InChI=1S/C12H20N2O2/c1-4-5-14-12(15)8-13-7-11-6-9(2)16-10(11)3/h6,13H,4-5,7-8H2,1-3H3,(H,14,15). The maximum atomic E-state index is 11.3. The maximum absolute atomic E-state index is 11.3. The molecule has 4 nitrogen and oxygen atoms in total. The minimum absolute atomic E-state index is 0.0414. The predicted octanol–water partition coefficient (Wildman–Crippen LogP) is 1.51. The van der Waals surface area contributed by atoms with Crippen LogP contribution < -0.4 is 10.6 Å². The van der Waals surface area contributed by atoms with Crippen LogP contribution in [0.5, 0.6) is 0 Å². The van der Waals surface area contributed by atoms with Crippen molar-refractivity contribution in [3.8, 4) is 0 Å². The molecule has 1 amide bonds. The first-order valence-corrected chi connectivity index (χ1v) is 5.66. The van der Waals surface area contributed by atoms with Gasteiger partial charge >= 0.3 is 0 Å². The largest absolute Gasteiger partial charge is 0.466 e. The van der Waals surface area contributed by atoms with Gasteiger partial charge in [0.25, 0.3) is 0 Å². The van der Waals surface area contributed by atoms with E-state index in [1.165, 1.54) is 0 Å². The fourth-order valence-electron chi connectivity index (χ4n) is 1.50. The van der Waals surface area contributed by atoms with E-state index in [4.69, 9.17) is 4.42 Å². The monoisotopic (exact) mass is 224 g/mol. The van der Waals surface area contributed by atoms with Gasteiger partial charge in [-0.05, 0) is 26.3 Å². The van der Waals surface area contributed by atoms with Gasteiger partial charge in [-0.3, -0.25) is 4.79 Å². The molecule has 0 atom stereocenters. The summed E-state index contributed by atoms with van der Waals surface area (Å²) in [4.78, 5) is 11.3. The van der Waals surface area contributed by atoms with Gasteiger partial charge in [0.1, 0.15) is 11.5 Å². The quantitative estimate of drug-likeness (QED) is 0.770. The zero-order valence-electron chi connectivity index (χ0n) is 10.2. The summed E-state index contributed by atoms with van der Waals surface area (Å²) in [6.45, 7) is 7.65. The number of hydrogen-bond acceptors (Lipinski definition) is 3. The molecule has 1 rings (SSSR count). The van der Waals surface area contributed by atoms with Crippen LogP contribution in [0.25, 0.3) is 0 Å². The van der Waals surface area contributed by atoms with Gasteiger partial charge in [0.05, 0.1) is 6.54 Å². The van der Waals surface area contributed by atoms with Gasteiger partial charge in [-0.25, -0.2) is 0 Å². The zero-order valence-corrected chi connectivity index (χ0v) is 10.2. The average Bonchev–Trinajstić information content (AvgIpc) is 2.55. The first-order chi connectivity index (χ1) is 7.63. The average molecular weight is 224 g/mol. The van der Waals surface area contributed by atoms with E-state index in [0.717, 1.165) is 30.0 Å². The SMILES string of the molecule is CCCNC(=O)CNCc1cc(C)oc1C. The second-order valence-corrected chi connectivity index (χ2v) is 3.89. The Bertz CT molecular complexity index is 345. The summed E-state index contributed by atoms with van der Waals surface area (Å²) in [5.74, 6) is 1.86. The number of nitrogens with one attached hydrogen (secondary N) is 2. The Hall–Kier alpha value is -1.29. The van der Waals surface area contributed by atoms with Crippen molar-refractivity contribution in [3.05, 3.63) is 23.2 Å². The molecule has 0 aromatic carbocycles. The molecule has 0 fully saturated rings. The van der Waals surface area contributed by atoms with Crippen molar-refractivity contribution in [2.45, 2.75) is 33.7 Å². The summed E-state index contributed by atoms with van der Waals surface area (Å²) in [7, 11) is 0. The predicted molar refractivity (Wildman–Crippen MR) is 63.2 cm³/mol. The maximum Gasteiger partial charge on any atom is 0.233 e. The summed E-state index contributed by atoms with van der Waals surface area (Å²) in [5.41, 5.74) is 1.11. The molecule has 0 radical (unpaired) electrons. The fourth-order valence-corrected chi connectivity index (χ4v) is 1.50. The van der Waals surface area contributed by atoms with E-state index in [1.54, 1.807) is 0 Å². The second-order valence-electron chi connectivity index (χ2n) is 3.89. The summed E-state index contributed by atoms with van der Waals surface area (Å²) in [6.07, 6.45) is 0.964. The summed E-state index contributed by atoms with van der Waals surface area (Å²) < 4.78 is 5.40. The van der Waals surface area contributed by atoms with E-state index in [0.29, 0.717) is 13.1 Å². The normalized spacial score (nSPS) is 10.4. The third-order valence-corrected chi connectivity index (χ3v) is 2.32. The number of carbonyl (C=O) groups excluding carboxylic acids is 1. The van der Waals surface area contributed by atoms with Crippen LogP contribution in [-0.2, 0) is 11.3 Å². The number of carbonyl (C=O) groups is 1. The Morgan fingerprint density at radius 3 is 2.75 bits per heavy atom. The molecule has 0 saturated carbocycles. The number of hydrogen-bond donors (Lipinski definition) is 2. The highest BCUT2D eigenvalue weighted by Crippen LogP contribution is 2.12. The highest BCUT2D eigenvalue weighted by molar-refractivity contribution is 5.77. The van der Waals surface area contributed by atoms with E-state index in [1.807, 2.05) is 26.8 Å². The van der Waals surface area contributed by atoms with Crippen LogP contribution in [-0.4, -0.2) is 19.0 Å². The van der Waals surface area contributed by atoms with E-state index >= 15 is 0 Å². The van der Waals surface area contributed by atoms with Crippen molar-refractivity contribution in [1.82, 2.24) is 10.6 Å². The molecule has 0 unspecified atom stereocenters. The molecule has 0 aliphatic carbocycles. The molecular weight excluding hydrogens is 204 g/mol. The minimum atomic E-state index is 0.0414. The lowest BCUT2D eigenvalue weighted by atomic mass is 10.2. The van der Waals surface area contributed by atoms with Crippen molar-refractivity contribution in [1.29, 1.82) is 0 Å². The fraction of sp³-hybridized carbons (Fsp3) is 0.583. The van der Waals surface area contributed by atoms with Gasteiger partial charge in [-0.15, -0.1) is 0 Å². The topological polar surface area (TPSA) is 54.3 Å². The van der Waals surface area contributed by atoms with Crippen LogP contribution in [0.2, 0.25) is 0 Å². The van der Waals surface area contributed by atoms with Gasteiger partial charge in [0.15, 0.2) is 0 Å². The lowest BCUT2D eigenvalue weighted by Crippen LogP contribution is -2.33. The lowest BCUT2D eigenvalue weighted by Gasteiger charge is -2.04. The molecule has 1 aromatic rings. The van der Waals surface area contributed by atoms with Gasteiger partial charge in [0, 0.05) is 18.7 Å². The van der Waals surface area contributed by atoms with Crippen molar-refractivity contribution in [3.63, 3.8) is 0 Å². The molecule has 16 heavy (non-hydrogen) atoms. The summed E-state index contributed by atoms with van der Waals surface area (Å²) >= 11 is 0. The molecule has 1 heterocycles. The minimum Gasteiger partial charge on any atom is -0.466 e. The number of amides is 1. The Morgan fingerprint density at radius 2 is 2.19 bits per heavy atom. The van der Waals surface area contributed by atoms with Crippen LogP contribution in [0.4, 0.5) is 0 Å². The smallest absolute Gasteiger partial charge is 0.233 e. The third kappa shape index (κ3) is 4.06. The lowest BCUT2D eigenvalue weighted by molar-refractivity contribution is -0.120. The highest BCUT2D eigenvalue weighted by atomic mass is 16.3. The van der Waals surface area contributed by atoms with Gasteiger partial charge in [-0.1, -0.05) is 6.92 Å². The molecule has 1 aromatic heterocycles. The van der Waals surface area contributed by atoms with Crippen molar-refractivity contribution >= 4 is 5.91 Å². The first kappa shape index (κ1) is 12.8. The van der Waals surface area contributed by atoms with Crippen molar-refractivity contribution in [2.75, 3.05) is 13.1 Å². The number of rotatable bonds is 6. The van der Waals surface area contributed by atoms with E-state index in [-0.39, 0.29) is 5.91 Å². The highest BCUT2D eigenvalue weighted by Gasteiger charge is 2.05. The van der Waals surface area contributed by atoms with Crippen LogP contribution in [0.3, 0.4) is 0 Å². The second kappa shape index (κ2) is 6.33. The van der Waals surface area contributed by atoms with Crippen LogP contribution in [0, 0.1) is 13.8 Å². The number of aryl methyl sites for hydroxylation is 2. The Morgan fingerprint density at radius 1 is 1.44 bits per heavy atom. The van der Waals surface area contributed by atoms with Gasteiger partial charge < -0.3 is 15.1 Å². The molecule has 0 aliphatic heterocycles. The van der Waals surface area contributed by atoms with Crippen LogP contribution in [0.1, 0.15) is 30.4 Å². The first-order valence-electron chi connectivity index (χ1n) is 5.66. The van der Waals surface area contributed by atoms with E-state index in [2.05, 4.69) is 10.6 Å². The summed E-state index contributed by atoms with van der Waals surface area (Å²) in [6, 6.07) is 1.99. The van der Waals surface area contributed by atoms with Crippen LogP contribution in [0.15, 0.2) is 10.5 Å². The number of furan rings is 1. The molecule has 4 heteroatoms. The van der Waals surface area contributed by atoms with Crippen molar-refractivity contribution in [2.24, 2.45) is 0 Å². The molecule has 0 aliphatic rings. The molecule has 2 N–H and O–H groups in total. The Labute approximate surface area is 96.4 Å².